The lowest BCUT2D eigenvalue weighted by Crippen LogP contribution is -2.02. The summed E-state index contributed by atoms with van der Waals surface area (Å²) in [6.45, 7) is 5.14. The van der Waals surface area contributed by atoms with Gasteiger partial charge < -0.3 is 4.74 Å². The van der Waals surface area contributed by atoms with Crippen molar-refractivity contribution >= 4 is 26.2 Å². The number of hydrogen-bond acceptors (Lipinski definition) is 3. The summed E-state index contributed by atoms with van der Waals surface area (Å²) in [4.78, 5) is 11.5. The molecule has 0 bridgehead atoms. The molecular formula is C12H10BrNO2. The van der Waals surface area contributed by atoms with Crippen molar-refractivity contribution in [3.8, 4) is 11.8 Å². The maximum Gasteiger partial charge on any atom is 0.161 e. The number of methoxy groups -OCH3 is 1. The van der Waals surface area contributed by atoms with E-state index in [2.05, 4.69) is 22.5 Å². The average molecular weight is 280 g/mol. The smallest absolute Gasteiger partial charge is 0.161 e. The standard InChI is InChI=1S/C12H10BrNO2/c1-7(13)11-5-10(16-3)4-9(6-14)12(11)8(2)15/h4-5H,1H2,2-3H3. The highest BCUT2D eigenvalue weighted by atomic mass is 79.9. The lowest BCUT2D eigenvalue weighted by molar-refractivity contribution is 0.101. The highest BCUT2D eigenvalue weighted by Gasteiger charge is 2.16. The largest absolute Gasteiger partial charge is 0.497 e. The van der Waals surface area contributed by atoms with Crippen molar-refractivity contribution in [1.29, 1.82) is 5.26 Å². The number of benzene rings is 1. The van der Waals surface area contributed by atoms with Crippen LogP contribution in [-0.2, 0) is 0 Å². The molecule has 0 saturated heterocycles. The molecule has 0 fully saturated rings. The first-order valence-electron chi connectivity index (χ1n) is 4.49. The zero-order valence-corrected chi connectivity index (χ0v) is 10.6. The molecule has 0 aliphatic rings. The van der Waals surface area contributed by atoms with Crippen LogP contribution in [0.4, 0.5) is 0 Å². The molecule has 82 valence electrons. The van der Waals surface area contributed by atoms with Crippen molar-refractivity contribution in [2.24, 2.45) is 0 Å². The number of hydrogen-bond donors (Lipinski definition) is 0. The van der Waals surface area contributed by atoms with E-state index in [1.54, 1.807) is 6.07 Å². The Morgan fingerprint density at radius 3 is 2.56 bits per heavy atom. The lowest BCUT2D eigenvalue weighted by Gasteiger charge is -2.10. The van der Waals surface area contributed by atoms with Crippen molar-refractivity contribution in [1.82, 2.24) is 0 Å². The van der Waals surface area contributed by atoms with Crippen LogP contribution in [0.3, 0.4) is 0 Å². The van der Waals surface area contributed by atoms with E-state index < -0.39 is 0 Å². The van der Waals surface area contributed by atoms with Gasteiger partial charge in [0, 0.05) is 15.6 Å². The van der Waals surface area contributed by atoms with E-state index in [-0.39, 0.29) is 5.78 Å². The Morgan fingerprint density at radius 1 is 1.56 bits per heavy atom. The van der Waals surface area contributed by atoms with Crippen LogP contribution in [0, 0.1) is 11.3 Å². The van der Waals surface area contributed by atoms with Crippen molar-refractivity contribution < 1.29 is 9.53 Å². The first kappa shape index (κ1) is 12.5. The van der Waals surface area contributed by atoms with E-state index in [0.717, 1.165) is 0 Å². The zero-order valence-electron chi connectivity index (χ0n) is 9.00. The zero-order chi connectivity index (χ0) is 12.3. The van der Waals surface area contributed by atoms with E-state index in [9.17, 15) is 4.79 Å². The molecule has 0 atom stereocenters. The van der Waals surface area contributed by atoms with Gasteiger partial charge in [-0.3, -0.25) is 4.79 Å². The van der Waals surface area contributed by atoms with Gasteiger partial charge in [-0.1, -0.05) is 22.5 Å². The van der Waals surface area contributed by atoms with Crippen molar-refractivity contribution in [3.63, 3.8) is 0 Å². The summed E-state index contributed by atoms with van der Waals surface area (Å²) < 4.78 is 5.61. The molecule has 0 amide bonds. The molecular weight excluding hydrogens is 270 g/mol. The lowest BCUT2D eigenvalue weighted by atomic mass is 9.98. The van der Waals surface area contributed by atoms with Gasteiger partial charge in [0.2, 0.25) is 0 Å². The third kappa shape index (κ3) is 2.31. The van der Waals surface area contributed by atoms with E-state index in [1.807, 2.05) is 6.07 Å². The van der Waals surface area contributed by atoms with Gasteiger partial charge in [-0.2, -0.15) is 5.26 Å². The Bertz CT molecular complexity index is 500. The second-order valence-electron chi connectivity index (χ2n) is 3.17. The summed E-state index contributed by atoms with van der Waals surface area (Å²) in [5.41, 5.74) is 1.25. The first-order valence-corrected chi connectivity index (χ1v) is 5.28. The minimum Gasteiger partial charge on any atom is -0.497 e. The highest BCUT2D eigenvalue weighted by Crippen LogP contribution is 2.30. The van der Waals surface area contributed by atoms with Crippen LogP contribution in [-0.4, -0.2) is 12.9 Å². The van der Waals surface area contributed by atoms with E-state index in [4.69, 9.17) is 10.00 Å². The van der Waals surface area contributed by atoms with E-state index >= 15 is 0 Å². The number of nitrogens with zero attached hydrogens (tertiary/aromatic N) is 1. The molecule has 0 saturated carbocycles. The molecule has 1 aromatic carbocycles. The van der Waals surface area contributed by atoms with Gasteiger partial charge in [-0.15, -0.1) is 0 Å². The second kappa shape index (κ2) is 4.95. The van der Waals surface area contributed by atoms with Crippen LogP contribution in [0.2, 0.25) is 0 Å². The number of halogens is 1. The highest BCUT2D eigenvalue weighted by molar-refractivity contribution is 9.15. The van der Waals surface area contributed by atoms with Gasteiger partial charge in [0.05, 0.1) is 12.7 Å². The van der Waals surface area contributed by atoms with Gasteiger partial charge in [-0.25, -0.2) is 0 Å². The van der Waals surface area contributed by atoms with Crippen molar-refractivity contribution in [2.75, 3.05) is 7.11 Å². The summed E-state index contributed by atoms with van der Waals surface area (Å²) in [6, 6.07) is 5.20. The summed E-state index contributed by atoms with van der Waals surface area (Å²) in [7, 11) is 1.50. The molecule has 0 N–H and O–H groups in total. The van der Waals surface area contributed by atoms with Gasteiger partial charge in [0.25, 0.3) is 0 Å². The monoisotopic (exact) mass is 279 g/mol. The minimum atomic E-state index is -0.171. The summed E-state index contributed by atoms with van der Waals surface area (Å²) in [5, 5.41) is 8.99. The third-order valence-corrected chi connectivity index (χ3v) is 2.54. The summed E-state index contributed by atoms with van der Waals surface area (Å²) in [5.74, 6) is 0.354. The fraction of sp³-hybridized carbons (Fsp3) is 0.167. The fourth-order valence-electron chi connectivity index (χ4n) is 1.41. The number of carbonyl (C=O) groups excluding carboxylic acids is 1. The summed E-state index contributed by atoms with van der Waals surface area (Å²) >= 11 is 3.22. The molecule has 3 nitrogen and oxygen atoms in total. The Balaban J connectivity index is 3.62. The summed E-state index contributed by atoms with van der Waals surface area (Å²) in [6.07, 6.45) is 0. The predicted molar refractivity (Wildman–Crippen MR) is 65.7 cm³/mol. The molecule has 0 aliphatic heterocycles. The van der Waals surface area contributed by atoms with Crippen LogP contribution in [0.15, 0.2) is 18.7 Å². The predicted octanol–water partition coefficient (Wildman–Crippen LogP) is 3.14. The Kier molecular flexibility index (Phi) is 3.86. The number of nitriles is 1. The van der Waals surface area contributed by atoms with Crippen LogP contribution < -0.4 is 4.74 Å². The molecule has 0 aromatic heterocycles. The number of carbonyl (C=O) groups is 1. The van der Waals surface area contributed by atoms with Gasteiger partial charge >= 0.3 is 0 Å². The van der Waals surface area contributed by atoms with Crippen LogP contribution in [0.5, 0.6) is 5.75 Å². The fourth-order valence-corrected chi connectivity index (χ4v) is 1.73. The normalized spacial score (nSPS) is 9.38. The molecule has 1 aromatic rings. The quantitative estimate of drug-likeness (QED) is 0.799. The topological polar surface area (TPSA) is 50.1 Å². The molecule has 0 unspecified atom stereocenters. The van der Waals surface area contributed by atoms with Crippen LogP contribution in [0.25, 0.3) is 4.48 Å². The van der Waals surface area contributed by atoms with Gasteiger partial charge in [0.1, 0.15) is 11.8 Å². The molecule has 0 radical (unpaired) electrons. The molecule has 16 heavy (non-hydrogen) atoms. The SMILES string of the molecule is C=C(Br)c1cc(OC)cc(C#N)c1C(C)=O. The van der Waals surface area contributed by atoms with E-state index in [1.165, 1.54) is 20.1 Å². The molecule has 0 heterocycles. The minimum absolute atomic E-state index is 0.171. The van der Waals surface area contributed by atoms with Gasteiger partial charge in [0.15, 0.2) is 5.78 Å². The maximum atomic E-state index is 11.5. The number of ether oxygens (including phenoxy) is 1. The Labute approximate surface area is 102 Å². The molecule has 0 aliphatic carbocycles. The number of Topliss-reactive ketones (excluding diaryl/α,β-unsaturated/α-hetero) is 1. The third-order valence-electron chi connectivity index (χ3n) is 2.11. The molecule has 1 rings (SSSR count). The van der Waals surface area contributed by atoms with Crippen molar-refractivity contribution in [3.05, 3.63) is 35.4 Å². The number of rotatable bonds is 3. The average Bonchev–Trinajstić information content (AvgIpc) is 2.26. The first-order chi connectivity index (χ1) is 7.51. The van der Waals surface area contributed by atoms with Crippen LogP contribution >= 0.6 is 15.9 Å². The van der Waals surface area contributed by atoms with E-state index in [0.29, 0.717) is 26.9 Å². The molecule has 0 spiro atoms. The van der Waals surface area contributed by atoms with Crippen molar-refractivity contribution in [2.45, 2.75) is 6.92 Å². The number of ketones is 1. The Hall–Kier alpha value is -1.60. The van der Waals surface area contributed by atoms with Gasteiger partial charge in [-0.05, 0) is 19.1 Å². The second-order valence-corrected chi connectivity index (χ2v) is 4.13. The maximum absolute atomic E-state index is 11.5. The van der Waals surface area contributed by atoms with Crippen LogP contribution in [0.1, 0.15) is 28.4 Å². The Morgan fingerprint density at radius 2 is 2.19 bits per heavy atom. The molecule has 4 heteroatoms.